The van der Waals surface area contributed by atoms with Gasteiger partial charge in [0.25, 0.3) is 0 Å². The largest absolute Gasteiger partial charge is 0.330 e. The van der Waals surface area contributed by atoms with Gasteiger partial charge in [0.2, 0.25) is 0 Å². The predicted molar refractivity (Wildman–Crippen MR) is 67.7 cm³/mol. The molecule has 3 heteroatoms. The molecule has 1 aromatic rings. The number of nitrogens with two attached hydrogens (primary N) is 1. The summed E-state index contributed by atoms with van der Waals surface area (Å²) in [6.45, 7) is 2.99. The Morgan fingerprint density at radius 1 is 1.36 bits per heavy atom. The average molecular weight is 274 g/mol. The first kappa shape index (κ1) is 12.1. The van der Waals surface area contributed by atoms with Crippen LogP contribution in [0.3, 0.4) is 0 Å². The van der Waals surface area contributed by atoms with E-state index < -0.39 is 0 Å². The summed E-state index contributed by atoms with van der Waals surface area (Å²) in [5.74, 6) is 0. The number of benzene rings is 1. The van der Waals surface area contributed by atoms with Crippen LogP contribution in [0.1, 0.15) is 19.8 Å². The first-order valence-electron chi connectivity index (χ1n) is 4.88. The van der Waals surface area contributed by atoms with Crippen LogP contribution < -0.4 is 5.73 Å². The molecular formula is C11H16BrNS. The summed E-state index contributed by atoms with van der Waals surface area (Å²) in [6, 6.07) is 8.46. The summed E-state index contributed by atoms with van der Waals surface area (Å²) < 4.78 is 1.13. The van der Waals surface area contributed by atoms with Crippen LogP contribution in [-0.4, -0.2) is 11.8 Å². The van der Waals surface area contributed by atoms with E-state index in [2.05, 4.69) is 47.1 Å². The van der Waals surface area contributed by atoms with Crippen LogP contribution >= 0.6 is 27.7 Å². The number of thioether (sulfide) groups is 1. The van der Waals surface area contributed by atoms with Gasteiger partial charge in [0.05, 0.1) is 0 Å². The summed E-state index contributed by atoms with van der Waals surface area (Å²) >= 11 is 5.35. The molecule has 1 rings (SSSR count). The Morgan fingerprint density at radius 3 is 2.50 bits per heavy atom. The minimum absolute atomic E-state index is 0.654. The van der Waals surface area contributed by atoms with Crippen molar-refractivity contribution in [3.05, 3.63) is 28.7 Å². The van der Waals surface area contributed by atoms with Crippen molar-refractivity contribution in [1.29, 1.82) is 0 Å². The molecule has 0 saturated heterocycles. The molecule has 0 saturated carbocycles. The number of rotatable bonds is 5. The van der Waals surface area contributed by atoms with Crippen LogP contribution in [0.2, 0.25) is 0 Å². The molecule has 0 amide bonds. The Hall–Kier alpha value is 0.01000. The van der Waals surface area contributed by atoms with E-state index in [-0.39, 0.29) is 0 Å². The Bertz CT molecular complexity index is 260. The number of halogens is 1. The quantitative estimate of drug-likeness (QED) is 0.829. The van der Waals surface area contributed by atoms with E-state index >= 15 is 0 Å². The molecule has 1 atom stereocenters. The predicted octanol–water partition coefficient (Wildman–Crippen LogP) is 3.67. The van der Waals surface area contributed by atoms with E-state index in [9.17, 15) is 0 Å². The van der Waals surface area contributed by atoms with Crippen molar-refractivity contribution < 1.29 is 0 Å². The Kier molecular flexibility index (Phi) is 5.60. The highest BCUT2D eigenvalue weighted by atomic mass is 79.9. The maximum absolute atomic E-state index is 5.56. The van der Waals surface area contributed by atoms with Crippen LogP contribution in [-0.2, 0) is 0 Å². The fourth-order valence-electron chi connectivity index (χ4n) is 1.24. The van der Waals surface area contributed by atoms with Crippen LogP contribution in [0.4, 0.5) is 0 Å². The zero-order valence-corrected chi connectivity index (χ0v) is 10.8. The van der Waals surface area contributed by atoms with E-state index in [1.807, 2.05) is 11.8 Å². The fourth-order valence-corrected chi connectivity index (χ4v) is 2.60. The lowest BCUT2D eigenvalue weighted by atomic mass is 10.2. The highest BCUT2D eigenvalue weighted by Gasteiger charge is 2.06. The smallest absolute Gasteiger partial charge is 0.0176 e. The van der Waals surface area contributed by atoms with Gasteiger partial charge in [-0.25, -0.2) is 0 Å². The molecule has 0 fully saturated rings. The van der Waals surface area contributed by atoms with Crippen molar-refractivity contribution in [1.82, 2.24) is 0 Å². The van der Waals surface area contributed by atoms with Crippen LogP contribution in [0.5, 0.6) is 0 Å². The Labute approximate surface area is 98.6 Å². The van der Waals surface area contributed by atoms with Gasteiger partial charge >= 0.3 is 0 Å². The zero-order chi connectivity index (χ0) is 10.4. The van der Waals surface area contributed by atoms with Crippen LogP contribution in [0, 0.1) is 0 Å². The molecule has 2 N–H and O–H groups in total. The molecule has 0 bridgehead atoms. The molecule has 0 aromatic heterocycles. The lowest BCUT2D eigenvalue weighted by Crippen LogP contribution is -2.09. The highest BCUT2D eigenvalue weighted by Crippen LogP contribution is 2.28. The maximum Gasteiger partial charge on any atom is 0.0176 e. The Morgan fingerprint density at radius 2 is 2.00 bits per heavy atom. The molecule has 78 valence electrons. The van der Waals surface area contributed by atoms with Crippen molar-refractivity contribution in [2.75, 3.05) is 6.54 Å². The second kappa shape index (κ2) is 6.49. The third-order valence-corrected chi connectivity index (χ3v) is 4.04. The molecule has 14 heavy (non-hydrogen) atoms. The van der Waals surface area contributed by atoms with Gasteiger partial charge in [-0.2, -0.15) is 0 Å². The SMILES string of the molecule is CCC(CCN)Sc1ccc(Br)cc1. The van der Waals surface area contributed by atoms with Gasteiger partial charge in [-0.15, -0.1) is 11.8 Å². The van der Waals surface area contributed by atoms with Gasteiger partial charge in [-0.1, -0.05) is 22.9 Å². The average Bonchev–Trinajstić information content (AvgIpc) is 2.20. The third-order valence-electron chi connectivity index (χ3n) is 2.06. The second-order valence-electron chi connectivity index (χ2n) is 3.18. The molecule has 0 heterocycles. The second-order valence-corrected chi connectivity index (χ2v) is 5.47. The summed E-state index contributed by atoms with van der Waals surface area (Å²) in [5, 5.41) is 0.654. The van der Waals surface area contributed by atoms with Crippen molar-refractivity contribution in [3.63, 3.8) is 0 Å². The topological polar surface area (TPSA) is 26.0 Å². The molecule has 1 unspecified atom stereocenters. The van der Waals surface area contributed by atoms with Gasteiger partial charge in [-0.3, -0.25) is 0 Å². The van der Waals surface area contributed by atoms with E-state index in [0.717, 1.165) is 17.4 Å². The van der Waals surface area contributed by atoms with E-state index in [1.165, 1.54) is 11.3 Å². The lowest BCUT2D eigenvalue weighted by Gasteiger charge is -2.12. The normalized spacial score (nSPS) is 12.8. The van der Waals surface area contributed by atoms with Crippen molar-refractivity contribution >= 4 is 27.7 Å². The summed E-state index contributed by atoms with van der Waals surface area (Å²) in [7, 11) is 0. The molecule has 1 nitrogen and oxygen atoms in total. The molecular weight excluding hydrogens is 258 g/mol. The number of hydrogen-bond donors (Lipinski definition) is 1. The van der Waals surface area contributed by atoms with Gasteiger partial charge in [0.1, 0.15) is 0 Å². The van der Waals surface area contributed by atoms with Gasteiger partial charge in [0.15, 0.2) is 0 Å². The van der Waals surface area contributed by atoms with Gasteiger partial charge in [0, 0.05) is 14.6 Å². The molecule has 0 radical (unpaired) electrons. The van der Waals surface area contributed by atoms with E-state index in [4.69, 9.17) is 5.73 Å². The van der Waals surface area contributed by atoms with Gasteiger partial charge < -0.3 is 5.73 Å². The third kappa shape index (κ3) is 4.03. The van der Waals surface area contributed by atoms with E-state index in [0.29, 0.717) is 5.25 Å². The first-order valence-corrected chi connectivity index (χ1v) is 6.55. The molecule has 0 aliphatic heterocycles. The first-order chi connectivity index (χ1) is 6.76. The van der Waals surface area contributed by atoms with Gasteiger partial charge in [-0.05, 0) is 43.7 Å². The molecule has 1 aromatic carbocycles. The standard InChI is InChI=1S/C11H16BrNS/c1-2-10(7-8-13)14-11-5-3-9(12)4-6-11/h3-6,10H,2,7-8,13H2,1H3. The number of hydrogen-bond acceptors (Lipinski definition) is 2. The lowest BCUT2D eigenvalue weighted by molar-refractivity contribution is 0.745. The summed E-state index contributed by atoms with van der Waals surface area (Å²) in [6.07, 6.45) is 2.27. The molecule has 0 aliphatic carbocycles. The maximum atomic E-state index is 5.56. The molecule has 0 spiro atoms. The highest BCUT2D eigenvalue weighted by molar-refractivity contribution is 9.10. The molecule has 0 aliphatic rings. The summed E-state index contributed by atoms with van der Waals surface area (Å²) in [5.41, 5.74) is 5.56. The monoisotopic (exact) mass is 273 g/mol. The Balaban J connectivity index is 2.53. The van der Waals surface area contributed by atoms with Crippen LogP contribution in [0.15, 0.2) is 33.6 Å². The zero-order valence-electron chi connectivity index (χ0n) is 8.37. The van der Waals surface area contributed by atoms with Crippen molar-refractivity contribution in [2.24, 2.45) is 5.73 Å². The van der Waals surface area contributed by atoms with Crippen molar-refractivity contribution in [2.45, 2.75) is 29.9 Å². The minimum Gasteiger partial charge on any atom is -0.330 e. The van der Waals surface area contributed by atoms with E-state index in [1.54, 1.807) is 0 Å². The van der Waals surface area contributed by atoms with Crippen molar-refractivity contribution in [3.8, 4) is 0 Å². The summed E-state index contributed by atoms with van der Waals surface area (Å²) in [4.78, 5) is 1.33. The fraction of sp³-hybridized carbons (Fsp3) is 0.455. The minimum atomic E-state index is 0.654. The van der Waals surface area contributed by atoms with Crippen LogP contribution in [0.25, 0.3) is 0 Å².